The fourth-order valence-corrected chi connectivity index (χ4v) is 5.61. The van der Waals surface area contributed by atoms with E-state index in [2.05, 4.69) is 0 Å². The summed E-state index contributed by atoms with van der Waals surface area (Å²) in [5.41, 5.74) is 2.05. The van der Waals surface area contributed by atoms with Crippen LogP contribution in [0.3, 0.4) is 0 Å². The smallest absolute Gasteiger partial charge is 0.320 e. The van der Waals surface area contributed by atoms with E-state index in [1.54, 1.807) is 7.11 Å². The third-order valence-corrected chi connectivity index (χ3v) is 6.63. The molecule has 3 saturated heterocycles. The molecule has 2 aliphatic carbocycles. The summed E-state index contributed by atoms with van der Waals surface area (Å²) in [7, 11) is 1.65. The first-order valence-corrected chi connectivity index (χ1v) is 8.06. The molecule has 5 nitrogen and oxygen atoms in total. The summed E-state index contributed by atoms with van der Waals surface area (Å²) in [5, 5.41) is 0. The van der Waals surface area contributed by atoms with Crippen LogP contribution in [0.1, 0.15) is 35.6 Å². The topological polar surface area (TPSA) is 61.8 Å². The average Bonchev–Trinajstić information content (AvgIpc) is 3.03. The molecular weight excluding hydrogens is 296 g/mol. The summed E-state index contributed by atoms with van der Waals surface area (Å²) in [6, 6.07) is 3.91. The molecule has 0 spiro atoms. The number of aldehydes is 1. The van der Waals surface area contributed by atoms with Crippen LogP contribution in [0.25, 0.3) is 0 Å². The lowest BCUT2D eigenvalue weighted by Gasteiger charge is -2.53. The van der Waals surface area contributed by atoms with Crippen LogP contribution in [0.4, 0.5) is 0 Å². The molecule has 4 fully saturated rings. The van der Waals surface area contributed by atoms with Crippen LogP contribution in [-0.2, 0) is 19.1 Å². The van der Waals surface area contributed by atoms with E-state index in [-0.39, 0.29) is 42.0 Å². The van der Waals surface area contributed by atoms with Crippen LogP contribution in [0, 0.1) is 24.2 Å². The Kier molecular flexibility index (Phi) is 2.33. The van der Waals surface area contributed by atoms with E-state index in [0.29, 0.717) is 0 Å². The fourth-order valence-electron chi connectivity index (χ4n) is 5.61. The Hall–Kier alpha value is -1.88. The summed E-state index contributed by atoms with van der Waals surface area (Å²) in [6.45, 7) is 3.95. The van der Waals surface area contributed by atoms with Crippen LogP contribution in [0.5, 0.6) is 5.75 Å². The summed E-state index contributed by atoms with van der Waals surface area (Å²) >= 11 is 0. The lowest BCUT2D eigenvalue weighted by atomic mass is 9.54. The van der Waals surface area contributed by atoms with Crippen LogP contribution in [0.15, 0.2) is 12.1 Å². The predicted molar refractivity (Wildman–Crippen MR) is 79.1 cm³/mol. The van der Waals surface area contributed by atoms with Gasteiger partial charge in [0, 0.05) is 17.8 Å². The second-order valence-electron chi connectivity index (χ2n) is 7.18. The minimum absolute atomic E-state index is 0.0416. The fraction of sp³-hybridized carbons (Fsp3) is 0.556. The van der Waals surface area contributed by atoms with Gasteiger partial charge in [-0.15, -0.1) is 0 Å². The number of rotatable bonds is 2. The number of ether oxygens (including phenoxy) is 3. The number of methoxy groups -OCH3 is 1. The van der Waals surface area contributed by atoms with E-state index in [9.17, 15) is 9.59 Å². The standard InChI is InChI=1S/C18H18O5/c1-7-10(21-3)5-4-9-11(7)15-12-13(9)18(6-19)8(2)14(22-15)16(12)23-17(18)20/h4-6,8,12-16H,1-3H3/t8?,12?,13?,14-,15+,16-,18?/m0/s1. The van der Waals surface area contributed by atoms with Gasteiger partial charge in [0.2, 0.25) is 0 Å². The predicted octanol–water partition coefficient (Wildman–Crippen LogP) is 1.92. The number of carbonyl (C=O) groups excluding carboxylic acids is 2. The van der Waals surface area contributed by atoms with Crippen molar-refractivity contribution in [3.8, 4) is 5.75 Å². The van der Waals surface area contributed by atoms with E-state index in [0.717, 1.165) is 28.7 Å². The number of fused-ring (bicyclic) bond motifs is 3. The van der Waals surface area contributed by atoms with Gasteiger partial charge < -0.3 is 19.0 Å². The van der Waals surface area contributed by atoms with Crippen molar-refractivity contribution in [3.05, 3.63) is 28.8 Å². The van der Waals surface area contributed by atoms with Crippen molar-refractivity contribution in [2.24, 2.45) is 17.3 Å². The first-order chi connectivity index (χ1) is 11.1. The highest BCUT2D eigenvalue weighted by Gasteiger charge is 2.76. The van der Waals surface area contributed by atoms with Crippen molar-refractivity contribution < 1.29 is 23.8 Å². The van der Waals surface area contributed by atoms with Crippen molar-refractivity contribution >= 4 is 12.3 Å². The van der Waals surface area contributed by atoms with E-state index >= 15 is 0 Å². The zero-order valence-corrected chi connectivity index (χ0v) is 13.2. The second kappa shape index (κ2) is 3.96. The Morgan fingerprint density at radius 1 is 1.30 bits per heavy atom. The van der Waals surface area contributed by atoms with Crippen molar-refractivity contribution in [1.29, 1.82) is 0 Å². The second-order valence-corrected chi connectivity index (χ2v) is 7.18. The zero-order chi connectivity index (χ0) is 16.1. The van der Waals surface area contributed by atoms with E-state index in [1.165, 1.54) is 0 Å². The lowest BCUT2D eigenvalue weighted by molar-refractivity contribution is -0.208. The number of esters is 1. The molecule has 4 unspecified atom stereocenters. The Bertz CT molecular complexity index is 756. The molecule has 5 aliphatic rings. The van der Waals surface area contributed by atoms with Gasteiger partial charge in [-0.2, -0.15) is 0 Å². The molecule has 6 rings (SSSR count). The number of hydrogen-bond acceptors (Lipinski definition) is 5. The molecule has 0 amide bonds. The Morgan fingerprint density at radius 2 is 2.09 bits per heavy atom. The molecule has 5 heteroatoms. The van der Waals surface area contributed by atoms with Crippen LogP contribution < -0.4 is 4.74 Å². The summed E-state index contributed by atoms with van der Waals surface area (Å²) in [4.78, 5) is 24.7. The monoisotopic (exact) mass is 314 g/mol. The molecule has 4 bridgehead atoms. The molecule has 1 saturated carbocycles. The van der Waals surface area contributed by atoms with Crippen LogP contribution in [0.2, 0.25) is 0 Å². The molecule has 0 radical (unpaired) electrons. The molecular formula is C18H18O5. The van der Waals surface area contributed by atoms with Gasteiger partial charge in [0.05, 0.1) is 19.3 Å². The Labute approximate surface area is 133 Å². The van der Waals surface area contributed by atoms with Gasteiger partial charge in [-0.05, 0) is 29.7 Å². The van der Waals surface area contributed by atoms with Crippen molar-refractivity contribution in [1.82, 2.24) is 0 Å². The minimum atomic E-state index is -1.12. The highest BCUT2D eigenvalue weighted by Crippen LogP contribution is 2.70. The van der Waals surface area contributed by atoms with Gasteiger partial charge in [0.15, 0.2) is 0 Å². The van der Waals surface area contributed by atoms with Gasteiger partial charge in [-0.1, -0.05) is 13.0 Å². The third-order valence-electron chi connectivity index (χ3n) is 6.63. The van der Waals surface area contributed by atoms with E-state index < -0.39 is 5.41 Å². The quantitative estimate of drug-likeness (QED) is 0.474. The largest absolute Gasteiger partial charge is 0.496 e. The minimum Gasteiger partial charge on any atom is -0.496 e. The number of benzene rings is 1. The SMILES string of the molecule is COc1ccc2c(c1C)[C@H]1O[C@H]3C(C)C4(C=O)C(=O)O[C@H]3C1C24. The van der Waals surface area contributed by atoms with Crippen molar-refractivity contribution in [3.63, 3.8) is 0 Å². The average molecular weight is 314 g/mol. The summed E-state index contributed by atoms with van der Waals surface area (Å²) < 4.78 is 17.4. The van der Waals surface area contributed by atoms with Crippen molar-refractivity contribution in [2.75, 3.05) is 7.11 Å². The maximum Gasteiger partial charge on any atom is 0.320 e. The molecule has 120 valence electrons. The molecule has 0 N–H and O–H groups in total. The van der Waals surface area contributed by atoms with Crippen LogP contribution >= 0.6 is 0 Å². The first kappa shape index (κ1) is 13.5. The molecule has 3 heterocycles. The molecule has 1 aromatic rings. The first-order valence-electron chi connectivity index (χ1n) is 8.06. The van der Waals surface area contributed by atoms with Gasteiger partial charge in [-0.25, -0.2) is 0 Å². The van der Waals surface area contributed by atoms with Gasteiger partial charge in [-0.3, -0.25) is 4.79 Å². The van der Waals surface area contributed by atoms with Gasteiger partial charge in [0.1, 0.15) is 23.6 Å². The van der Waals surface area contributed by atoms with Crippen LogP contribution in [-0.4, -0.2) is 31.6 Å². The molecule has 7 atom stereocenters. The number of hydrogen-bond donors (Lipinski definition) is 0. The zero-order valence-electron chi connectivity index (χ0n) is 13.2. The maximum absolute atomic E-state index is 12.6. The Morgan fingerprint density at radius 3 is 2.78 bits per heavy atom. The summed E-state index contributed by atoms with van der Waals surface area (Å²) in [6.07, 6.45) is 0.271. The highest BCUT2D eigenvalue weighted by molar-refractivity contribution is 5.97. The van der Waals surface area contributed by atoms with E-state index in [4.69, 9.17) is 14.2 Å². The number of carbonyl (C=O) groups is 2. The summed E-state index contributed by atoms with van der Waals surface area (Å²) in [5.74, 6) is 0.161. The van der Waals surface area contributed by atoms with Gasteiger partial charge in [0.25, 0.3) is 0 Å². The lowest BCUT2D eigenvalue weighted by Crippen LogP contribution is -2.64. The molecule has 1 aromatic carbocycles. The third kappa shape index (κ3) is 1.20. The molecule has 0 aromatic heterocycles. The highest BCUT2D eigenvalue weighted by atomic mass is 16.6. The molecule has 23 heavy (non-hydrogen) atoms. The normalized spacial score (nSPS) is 44.9. The van der Waals surface area contributed by atoms with E-state index in [1.807, 2.05) is 26.0 Å². The molecule has 3 aliphatic heterocycles. The maximum atomic E-state index is 12.6. The van der Waals surface area contributed by atoms with Gasteiger partial charge >= 0.3 is 5.97 Å². The Balaban J connectivity index is 1.82. The van der Waals surface area contributed by atoms with Crippen molar-refractivity contribution in [2.45, 2.75) is 38.1 Å².